The van der Waals surface area contributed by atoms with Crippen molar-refractivity contribution >= 4 is 34.2 Å². The van der Waals surface area contributed by atoms with Crippen molar-refractivity contribution in [1.29, 1.82) is 0 Å². The van der Waals surface area contributed by atoms with E-state index in [-0.39, 0.29) is 12.2 Å². The average molecular weight is 591 g/mol. The van der Waals surface area contributed by atoms with Gasteiger partial charge in [0.1, 0.15) is 24.1 Å². The molecule has 0 bridgehead atoms. The lowest BCUT2D eigenvalue weighted by molar-refractivity contribution is -0.139. The number of hydrogen-bond donors (Lipinski definition) is 0. The smallest absolute Gasteiger partial charge is 0.338 e. The van der Waals surface area contributed by atoms with Gasteiger partial charge in [0.05, 0.1) is 29.5 Å². The second kappa shape index (κ2) is 12.1. The molecule has 0 saturated carbocycles. The number of carbonyl (C=O) groups excluding carboxylic acids is 1. The summed E-state index contributed by atoms with van der Waals surface area (Å²) in [4.78, 5) is 33.0. The Balaban J connectivity index is 1.54. The van der Waals surface area contributed by atoms with Gasteiger partial charge in [0.2, 0.25) is 0 Å². The van der Waals surface area contributed by atoms with Crippen molar-refractivity contribution in [3.8, 4) is 11.5 Å². The molecule has 2 heterocycles. The Hall–Kier alpha value is -4.95. The van der Waals surface area contributed by atoms with E-state index in [4.69, 9.17) is 19.2 Å². The molecule has 0 aliphatic carbocycles. The van der Waals surface area contributed by atoms with E-state index in [9.17, 15) is 9.59 Å². The zero-order valence-electron chi connectivity index (χ0n) is 24.1. The molecular weight excluding hydrogens is 560 g/mol. The van der Waals surface area contributed by atoms with E-state index in [1.165, 1.54) is 11.3 Å². The molecule has 5 aromatic rings. The van der Waals surface area contributed by atoms with Crippen LogP contribution in [0, 0.1) is 0 Å². The molecule has 0 N–H and O–H groups in total. The number of esters is 1. The lowest BCUT2D eigenvalue weighted by Gasteiger charge is -2.27. The minimum Gasteiger partial charge on any atom is -0.496 e. The standard InChI is InChI=1S/C35H30N2O5S/c1-4-41-34(39)30-22(2)36-35-37(32(30)31-26-16-10-8-14-24(26)18-19-28(31)40-3)33(38)29(43-35)20-25-15-9-11-17-27(25)42-21-23-12-6-5-7-13-23/h5-20,32H,4,21H2,1-3H3/b29-20-/t32-/m1/s1. The summed E-state index contributed by atoms with van der Waals surface area (Å²) >= 11 is 1.27. The van der Waals surface area contributed by atoms with E-state index >= 15 is 0 Å². The van der Waals surface area contributed by atoms with Crippen LogP contribution >= 0.6 is 11.3 Å². The molecule has 216 valence electrons. The van der Waals surface area contributed by atoms with Gasteiger partial charge in [0.15, 0.2) is 4.80 Å². The van der Waals surface area contributed by atoms with Crippen LogP contribution in [0.15, 0.2) is 112 Å². The fourth-order valence-corrected chi connectivity index (χ4v) is 6.45. The Bertz CT molecular complexity index is 2040. The fourth-order valence-electron chi connectivity index (χ4n) is 5.41. The zero-order valence-corrected chi connectivity index (χ0v) is 24.9. The average Bonchev–Trinajstić information content (AvgIpc) is 3.33. The molecule has 1 aliphatic rings. The van der Waals surface area contributed by atoms with Crippen LogP contribution in [0.3, 0.4) is 0 Å². The molecule has 0 fully saturated rings. The highest BCUT2D eigenvalue weighted by atomic mass is 32.1. The second-order valence-corrected chi connectivity index (χ2v) is 11.0. The lowest BCUT2D eigenvalue weighted by Crippen LogP contribution is -2.40. The van der Waals surface area contributed by atoms with Crippen LogP contribution in [0.4, 0.5) is 0 Å². The normalized spacial score (nSPS) is 14.8. The number of aromatic nitrogens is 1. The first kappa shape index (κ1) is 28.2. The van der Waals surface area contributed by atoms with Crippen LogP contribution in [0.5, 0.6) is 11.5 Å². The minimum absolute atomic E-state index is 0.194. The summed E-state index contributed by atoms with van der Waals surface area (Å²) < 4.78 is 19.5. The van der Waals surface area contributed by atoms with Crippen LogP contribution in [-0.2, 0) is 16.1 Å². The summed E-state index contributed by atoms with van der Waals surface area (Å²) in [6, 6.07) is 28.4. The van der Waals surface area contributed by atoms with E-state index in [1.807, 2.05) is 97.1 Å². The summed E-state index contributed by atoms with van der Waals surface area (Å²) in [5, 5.41) is 1.83. The topological polar surface area (TPSA) is 79.1 Å². The summed E-state index contributed by atoms with van der Waals surface area (Å²) in [7, 11) is 1.59. The quantitative estimate of drug-likeness (QED) is 0.222. The Morgan fingerprint density at radius 1 is 0.953 bits per heavy atom. The van der Waals surface area contributed by atoms with E-state index in [1.54, 1.807) is 25.5 Å². The Kier molecular flexibility index (Phi) is 7.94. The van der Waals surface area contributed by atoms with Crippen molar-refractivity contribution in [2.45, 2.75) is 26.5 Å². The molecule has 0 saturated heterocycles. The number of benzene rings is 4. The number of allylic oxidation sites excluding steroid dienone is 1. The first-order valence-corrected chi connectivity index (χ1v) is 14.8. The number of carbonyl (C=O) groups is 1. The molecular formula is C35H30N2O5S. The highest BCUT2D eigenvalue weighted by molar-refractivity contribution is 7.07. The van der Waals surface area contributed by atoms with Gasteiger partial charge in [-0.2, -0.15) is 0 Å². The van der Waals surface area contributed by atoms with Crippen LogP contribution in [0.1, 0.15) is 36.6 Å². The van der Waals surface area contributed by atoms with E-state index in [0.29, 0.717) is 44.3 Å². The van der Waals surface area contributed by atoms with Crippen LogP contribution in [0.2, 0.25) is 0 Å². The predicted octanol–water partition coefficient (Wildman–Crippen LogP) is 5.54. The molecule has 4 aromatic carbocycles. The molecule has 1 aromatic heterocycles. The maximum Gasteiger partial charge on any atom is 0.338 e. The van der Waals surface area contributed by atoms with Gasteiger partial charge in [-0.05, 0) is 48.4 Å². The number of ether oxygens (including phenoxy) is 3. The fraction of sp³-hybridized carbons (Fsp3) is 0.171. The molecule has 8 heteroatoms. The summed E-state index contributed by atoms with van der Waals surface area (Å²) in [5.74, 6) is 0.708. The number of methoxy groups -OCH3 is 1. The summed E-state index contributed by atoms with van der Waals surface area (Å²) in [5.41, 5.74) is 3.06. The summed E-state index contributed by atoms with van der Waals surface area (Å²) in [6.07, 6.45) is 1.82. The Labute approximate surface area is 252 Å². The van der Waals surface area contributed by atoms with Crippen LogP contribution in [0.25, 0.3) is 16.8 Å². The molecule has 0 spiro atoms. The number of fused-ring (bicyclic) bond motifs is 2. The van der Waals surface area contributed by atoms with Crippen molar-refractivity contribution < 1.29 is 19.0 Å². The van der Waals surface area contributed by atoms with Crippen LogP contribution < -0.4 is 24.4 Å². The van der Waals surface area contributed by atoms with Gasteiger partial charge < -0.3 is 14.2 Å². The molecule has 1 atom stereocenters. The van der Waals surface area contributed by atoms with Gasteiger partial charge in [0, 0.05) is 11.1 Å². The molecule has 1 aliphatic heterocycles. The van der Waals surface area contributed by atoms with Gasteiger partial charge in [-0.1, -0.05) is 90.2 Å². The Morgan fingerprint density at radius 2 is 1.70 bits per heavy atom. The first-order valence-electron chi connectivity index (χ1n) is 14.0. The van der Waals surface area contributed by atoms with Gasteiger partial charge in [0.25, 0.3) is 5.56 Å². The van der Waals surface area contributed by atoms with Crippen LogP contribution in [-0.4, -0.2) is 24.3 Å². The van der Waals surface area contributed by atoms with Gasteiger partial charge in [-0.15, -0.1) is 0 Å². The largest absolute Gasteiger partial charge is 0.496 e. The molecule has 7 nitrogen and oxygen atoms in total. The minimum atomic E-state index is -0.803. The monoisotopic (exact) mass is 590 g/mol. The molecule has 43 heavy (non-hydrogen) atoms. The van der Waals surface area contributed by atoms with Crippen molar-refractivity contribution in [2.75, 3.05) is 13.7 Å². The number of thiazole rings is 1. The van der Waals surface area contributed by atoms with Crippen molar-refractivity contribution in [3.63, 3.8) is 0 Å². The van der Waals surface area contributed by atoms with E-state index < -0.39 is 12.0 Å². The van der Waals surface area contributed by atoms with Gasteiger partial charge in [-0.25, -0.2) is 9.79 Å². The number of nitrogens with zero attached hydrogens (tertiary/aromatic N) is 2. The number of rotatable bonds is 8. The van der Waals surface area contributed by atoms with Crippen molar-refractivity contribution in [3.05, 3.63) is 139 Å². The van der Waals surface area contributed by atoms with E-state index in [2.05, 4.69) is 0 Å². The third-order valence-corrected chi connectivity index (χ3v) is 8.37. The maximum atomic E-state index is 14.3. The molecule has 0 unspecified atom stereocenters. The van der Waals surface area contributed by atoms with Gasteiger partial charge in [-0.3, -0.25) is 9.36 Å². The third kappa shape index (κ3) is 5.37. The maximum absolute atomic E-state index is 14.3. The van der Waals surface area contributed by atoms with Crippen molar-refractivity contribution in [2.24, 2.45) is 4.99 Å². The number of para-hydroxylation sites is 1. The number of hydrogen-bond acceptors (Lipinski definition) is 7. The highest BCUT2D eigenvalue weighted by Crippen LogP contribution is 2.40. The predicted molar refractivity (Wildman–Crippen MR) is 168 cm³/mol. The zero-order chi connectivity index (χ0) is 29.9. The SMILES string of the molecule is CCOC(=O)C1=C(C)N=c2s/c(=C\c3ccccc3OCc3ccccc3)c(=O)n2[C@H]1c1c(OC)ccc2ccccc12. The molecule has 0 radical (unpaired) electrons. The lowest BCUT2D eigenvalue weighted by atomic mass is 9.90. The highest BCUT2D eigenvalue weighted by Gasteiger charge is 2.36. The van der Waals surface area contributed by atoms with Crippen molar-refractivity contribution in [1.82, 2.24) is 4.57 Å². The Morgan fingerprint density at radius 3 is 2.49 bits per heavy atom. The van der Waals surface area contributed by atoms with E-state index in [0.717, 1.165) is 21.9 Å². The van der Waals surface area contributed by atoms with Gasteiger partial charge >= 0.3 is 5.97 Å². The first-order chi connectivity index (χ1) is 21.0. The molecule has 6 rings (SSSR count). The third-order valence-electron chi connectivity index (χ3n) is 7.38. The second-order valence-electron chi connectivity index (χ2n) is 10.0. The molecule has 0 amide bonds. The summed E-state index contributed by atoms with van der Waals surface area (Å²) in [6.45, 7) is 4.13.